The number of amides is 1. The highest BCUT2D eigenvalue weighted by Gasteiger charge is 2.21. The van der Waals surface area contributed by atoms with Gasteiger partial charge in [-0.15, -0.1) is 5.10 Å². The molecule has 6 heteroatoms. The number of nitrogens with two attached hydrogens (primary N) is 1. The van der Waals surface area contributed by atoms with Gasteiger partial charge in [-0.3, -0.25) is 9.48 Å². The van der Waals surface area contributed by atoms with E-state index in [-0.39, 0.29) is 5.91 Å². The molecular formula is C12H21N5O. The first kappa shape index (κ1) is 13.0. The molecular weight excluding hydrogens is 230 g/mol. The highest BCUT2D eigenvalue weighted by molar-refractivity contribution is 5.91. The second-order valence-corrected chi connectivity index (χ2v) is 5.11. The largest absolute Gasteiger partial charge is 0.350 e. The molecule has 18 heavy (non-hydrogen) atoms. The Morgan fingerprint density at radius 1 is 1.44 bits per heavy atom. The number of nitrogens with one attached hydrogen (secondary N) is 1. The van der Waals surface area contributed by atoms with Crippen LogP contribution in [0, 0.1) is 11.8 Å². The minimum Gasteiger partial charge on any atom is -0.350 e. The van der Waals surface area contributed by atoms with E-state index in [1.54, 1.807) is 13.2 Å². The number of carbonyl (C=O) groups is 1. The Balaban J connectivity index is 1.74. The molecule has 1 aliphatic carbocycles. The van der Waals surface area contributed by atoms with E-state index in [0.29, 0.717) is 17.5 Å². The molecule has 100 valence electrons. The Labute approximate surface area is 107 Å². The molecule has 2 rings (SSSR count). The van der Waals surface area contributed by atoms with Crippen LogP contribution in [-0.4, -0.2) is 34.0 Å². The third-order valence-corrected chi connectivity index (χ3v) is 3.69. The van der Waals surface area contributed by atoms with Crippen LogP contribution >= 0.6 is 0 Å². The first-order chi connectivity index (χ1) is 8.69. The van der Waals surface area contributed by atoms with E-state index < -0.39 is 0 Å². The molecule has 1 aromatic heterocycles. The Kier molecular flexibility index (Phi) is 4.30. The molecule has 0 saturated heterocycles. The van der Waals surface area contributed by atoms with Gasteiger partial charge in [-0.25, -0.2) is 0 Å². The van der Waals surface area contributed by atoms with Crippen LogP contribution in [0.3, 0.4) is 0 Å². The van der Waals surface area contributed by atoms with Crippen molar-refractivity contribution in [3.63, 3.8) is 0 Å². The molecule has 0 unspecified atom stereocenters. The molecule has 1 aliphatic rings. The van der Waals surface area contributed by atoms with Crippen LogP contribution in [0.25, 0.3) is 0 Å². The summed E-state index contributed by atoms with van der Waals surface area (Å²) in [5.74, 6) is 1.12. The van der Waals surface area contributed by atoms with E-state index >= 15 is 0 Å². The molecule has 3 N–H and O–H groups in total. The Morgan fingerprint density at radius 3 is 2.67 bits per heavy atom. The first-order valence-electron chi connectivity index (χ1n) is 6.53. The van der Waals surface area contributed by atoms with Crippen LogP contribution in [0.5, 0.6) is 0 Å². The maximum Gasteiger partial charge on any atom is 0.273 e. The van der Waals surface area contributed by atoms with Crippen molar-refractivity contribution in [2.24, 2.45) is 24.6 Å². The third kappa shape index (κ3) is 3.29. The van der Waals surface area contributed by atoms with Crippen LogP contribution in [-0.2, 0) is 7.05 Å². The maximum absolute atomic E-state index is 11.8. The van der Waals surface area contributed by atoms with Gasteiger partial charge >= 0.3 is 0 Å². The second-order valence-electron chi connectivity index (χ2n) is 5.11. The molecule has 1 aromatic rings. The molecule has 0 bridgehead atoms. The molecule has 1 fully saturated rings. The predicted molar refractivity (Wildman–Crippen MR) is 67.8 cm³/mol. The summed E-state index contributed by atoms with van der Waals surface area (Å²) in [6, 6.07) is 0. The lowest BCUT2D eigenvalue weighted by Crippen LogP contribution is -2.32. The number of nitrogens with zero attached hydrogens (tertiary/aromatic N) is 3. The SMILES string of the molecule is Cn1cc(C(=O)NCC2CCC(CN)CC2)nn1. The quantitative estimate of drug-likeness (QED) is 0.806. The van der Waals surface area contributed by atoms with Gasteiger partial charge in [0, 0.05) is 13.6 Å². The van der Waals surface area contributed by atoms with Crippen molar-refractivity contribution in [1.29, 1.82) is 0 Å². The average molecular weight is 251 g/mol. The summed E-state index contributed by atoms with van der Waals surface area (Å²) in [7, 11) is 1.75. The minimum atomic E-state index is -0.135. The number of rotatable bonds is 4. The lowest BCUT2D eigenvalue weighted by atomic mass is 9.82. The molecule has 0 radical (unpaired) electrons. The van der Waals surface area contributed by atoms with Crippen molar-refractivity contribution < 1.29 is 4.79 Å². The van der Waals surface area contributed by atoms with E-state index in [1.807, 2.05) is 0 Å². The molecule has 1 amide bonds. The van der Waals surface area contributed by atoms with Gasteiger partial charge in [-0.05, 0) is 44.1 Å². The summed E-state index contributed by atoms with van der Waals surface area (Å²) in [5.41, 5.74) is 6.04. The number of aromatic nitrogens is 3. The van der Waals surface area contributed by atoms with Gasteiger partial charge in [0.15, 0.2) is 5.69 Å². The van der Waals surface area contributed by atoms with Crippen molar-refractivity contribution in [3.05, 3.63) is 11.9 Å². The highest BCUT2D eigenvalue weighted by atomic mass is 16.2. The summed E-state index contributed by atoms with van der Waals surface area (Å²) in [5, 5.41) is 10.5. The number of carbonyl (C=O) groups excluding carboxylic acids is 1. The molecule has 1 saturated carbocycles. The number of hydrogen-bond acceptors (Lipinski definition) is 4. The van der Waals surface area contributed by atoms with Gasteiger partial charge < -0.3 is 11.1 Å². The number of hydrogen-bond donors (Lipinski definition) is 2. The van der Waals surface area contributed by atoms with Gasteiger partial charge in [-0.2, -0.15) is 0 Å². The fourth-order valence-corrected chi connectivity index (χ4v) is 2.45. The minimum absolute atomic E-state index is 0.135. The van der Waals surface area contributed by atoms with E-state index in [2.05, 4.69) is 15.6 Å². The van der Waals surface area contributed by atoms with Gasteiger partial charge in [-0.1, -0.05) is 5.21 Å². The van der Waals surface area contributed by atoms with Gasteiger partial charge in [0.2, 0.25) is 0 Å². The first-order valence-corrected chi connectivity index (χ1v) is 6.53. The predicted octanol–water partition coefficient (Wildman–Crippen LogP) is 0.310. The summed E-state index contributed by atoms with van der Waals surface area (Å²) < 4.78 is 1.53. The zero-order valence-corrected chi connectivity index (χ0v) is 10.8. The van der Waals surface area contributed by atoms with Crippen LogP contribution < -0.4 is 11.1 Å². The van der Waals surface area contributed by atoms with Gasteiger partial charge in [0.05, 0.1) is 6.20 Å². The summed E-state index contributed by atoms with van der Waals surface area (Å²) in [6.07, 6.45) is 6.30. The van der Waals surface area contributed by atoms with Crippen molar-refractivity contribution in [3.8, 4) is 0 Å². The smallest absolute Gasteiger partial charge is 0.273 e. The Morgan fingerprint density at radius 2 is 2.11 bits per heavy atom. The lowest BCUT2D eigenvalue weighted by molar-refractivity contribution is 0.0936. The zero-order valence-electron chi connectivity index (χ0n) is 10.8. The van der Waals surface area contributed by atoms with E-state index in [4.69, 9.17) is 5.73 Å². The Bertz CT molecular complexity index is 395. The van der Waals surface area contributed by atoms with E-state index in [9.17, 15) is 4.79 Å². The van der Waals surface area contributed by atoms with Crippen LogP contribution in [0.2, 0.25) is 0 Å². The van der Waals surface area contributed by atoms with E-state index in [1.165, 1.54) is 17.5 Å². The summed E-state index contributed by atoms with van der Waals surface area (Å²) >= 11 is 0. The van der Waals surface area contributed by atoms with Crippen molar-refractivity contribution in [2.45, 2.75) is 25.7 Å². The fraction of sp³-hybridized carbons (Fsp3) is 0.750. The summed E-state index contributed by atoms with van der Waals surface area (Å²) in [4.78, 5) is 11.8. The van der Waals surface area contributed by atoms with Gasteiger partial charge in [0.1, 0.15) is 0 Å². The average Bonchev–Trinajstić information content (AvgIpc) is 2.83. The number of aryl methyl sites for hydroxylation is 1. The molecule has 0 spiro atoms. The standard InChI is InChI=1S/C12H21N5O/c1-17-8-11(15-16-17)12(18)14-7-10-4-2-9(6-13)3-5-10/h8-10H,2-7,13H2,1H3,(H,14,18). The molecule has 6 nitrogen and oxygen atoms in total. The second kappa shape index (κ2) is 5.95. The molecule has 0 atom stereocenters. The van der Waals surface area contributed by atoms with Crippen LogP contribution in [0.15, 0.2) is 6.20 Å². The fourth-order valence-electron chi connectivity index (χ4n) is 2.45. The summed E-state index contributed by atoms with van der Waals surface area (Å²) in [6.45, 7) is 1.52. The normalized spacial score (nSPS) is 23.9. The maximum atomic E-state index is 11.8. The molecule has 0 aliphatic heterocycles. The zero-order chi connectivity index (χ0) is 13.0. The highest BCUT2D eigenvalue weighted by Crippen LogP contribution is 2.27. The lowest BCUT2D eigenvalue weighted by Gasteiger charge is -2.27. The monoisotopic (exact) mass is 251 g/mol. The van der Waals surface area contributed by atoms with Gasteiger partial charge in [0.25, 0.3) is 5.91 Å². The van der Waals surface area contributed by atoms with Crippen molar-refractivity contribution in [2.75, 3.05) is 13.1 Å². The van der Waals surface area contributed by atoms with Crippen LogP contribution in [0.4, 0.5) is 0 Å². The third-order valence-electron chi connectivity index (χ3n) is 3.69. The molecule has 0 aromatic carbocycles. The molecule has 1 heterocycles. The van der Waals surface area contributed by atoms with Crippen molar-refractivity contribution in [1.82, 2.24) is 20.3 Å². The van der Waals surface area contributed by atoms with Crippen molar-refractivity contribution >= 4 is 5.91 Å². The van der Waals surface area contributed by atoms with E-state index in [0.717, 1.165) is 25.9 Å². The topological polar surface area (TPSA) is 85.8 Å². The van der Waals surface area contributed by atoms with Crippen LogP contribution in [0.1, 0.15) is 36.2 Å². The Hall–Kier alpha value is -1.43.